The third kappa shape index (κ3) is 6.94. The highest BCUT2D eigenvalue weighted by Crippen LogP contribution is 2.09. The molecule has 3 atom stereocenters. The van der Waals surface area contributed by atoms with Gasteiger partial charge in [-0.2, -0.15) is 0 Å². The van der Waals surface area contributed by atoms with Crippen LogP contribution in [0.25, 0.3) is 0 Å². The summed E-state index contributed by atoms with van der Waals surface area (Å²) >= 11 is 0. The molecule has 0 saturated heterocycles. The first-order valence-corrected chi connectivity index (χ1v) is 6.17. The first-order valence-electron chi connectivity index (χ1n) is 6.17. The van der Waals surface area contributed by atoms with Gasteiger partial charge in [0.25, 0.3) is 0 Å². The molecular formula is C12H24N2O3. The average Bonchev–Trinajstić information content (AvgIpc) is 2.24. The van der Waals surface area contributed by atoms with Crippen LogP contribution in [0.1, 0.15) is 46.5 Å². The lowest BCUT2D eigenvalue weighted by molar-refractivity contribution is -0.142. The fourth-order valence-corrected chi connectivity index (χ4v) is 1.53. The summed E-state index contributed by atoms with van der Waals surface area (Å²) in [5.74, 6) is -1.34. The maximum absolute atomic E-state index is 11.7. The Morgan fingerprint density at radius 3 is 2.29 bits per heavy atom. The molecular weight excluding hydrogens is 220 g/mol. The first-order chi connectivity index (χ1) is 7.88. The number of carboxylic acids is 1. The van der Waals surface area contributed by atoms with Gasteiger partial charge in [-0.15, -0.1) is 0 Å². The molecule has 0 aromatic rings. The lowest BCUT2D eigenvalue weighted by Crippen LogP contribution is -2.42. The molecule has 0 fully saturated rings. The van der Waals surface area contributed by atoms with Gasteiger partial charge in [0.1, 0.15) is 6.04 Å². The van der Waals surface area contributed by atoms with Gasteiger partial charge in [0.15, 0.2) is 0 Å². The van der Waals surface area contributed by atoms with Crippen molar-refractivity contribution in [2.75, 3.05) is 0 Å². The van der Waals surface area contributed by atoms with Gasteiger partial charge in [-0.1, -0.05) is 20.3 Å². The number of nitrogens with one attached hydrogen (secondary N) is 1. The van der Waals surface area contributed by atoms with Gasteiger partial charge in [0.2, 0.25) is 5.91 Å². The average molecular weight is 244 g/mol. The fourth-order valence-electron chi connectivity index (χ4n) is 1.53. The third-order valence-electron chi connectivity index (χ3n) is 2.77. The van der Waals surface area contributed by atoms with Crippen LogP contribution in [0.4, 0.5) is 0 Å². The van der Waals surface area contributed by atoms with Crippen molar-refractivity contribution in [2.45, 2.75) is 58.5 Å². The second kappa shape index (κ2) is 8.06. The Hall–Kier alpha value is -1.10. The predicted molar refractivity (Wildman–Crippen MR) is 66.5 cm³/mol. The number of hydrogen-bond donors (Lipinski definition) is 3. The topological polar surface area (TPSA) is 92.4 Å². The lowest BCUT2D eigenvalue weighted by atomic mass is 10.0. The van der Waals surface area contributed by atoms with E-state index in [2.05, 4.69) is 5.32 Å². The van der Waals surface area contributed by atoms with Crippen LogP contribution in [0, 0.1) is 5.92 Å². The molecule has 5 nitrogen and oxygen atoms in total. The maximum Gasteiger partial charge on any atom is 0.326 e. The summed E-state index contributed by atoms with van der Waals surface area (Å²) in [6.45, 7) is 5.48. The van der Waals surface area contributed by atoms with Gasteiger partial charge >= 0.3 is 5.97 Å². The van der Waals surface area contributed by atoms with Crippen LogP contribution in [0.5, 0.6) is 0 Å². The highest BCUT2D eigenvalue weighted by Gasteiger charge is 2.20. The van der Waals surface area contributed by atoms with Gasteiger partial charge in [-0.25, -0.2) is 4.79 Å². The summed E-state index contributed by atoms with van der Waals surface area (Å²) in [5, 5.41) is 11.4. The molecule has 0 aliphatic rings. The Balaban J connectivity index is 4.00. The summed E-state index contributed by atoms with van der Waals surface area (Å²) in [6, 6.07) is -0.633. The number of hydrogen-bond acceptors (Lipinski definition) is 3. The van der Waals surface area contributed by atoms with Crippen LogP contribution in [-0.4, -0.2) is 29.1 Å². The van der Waals surface area contributed by atoms with Gasteiger partial charge in [0.05, 0.1) is 0 Å². The molecule has 0 saturated carbocycles. The normalized spacial score (nSPS) is 16.0. The minimum Gasteiger partial charge on any atom is -0.480 e. The summed E-state index contributed by atoms with van der Waals surface area (Å²) in [4.78, 5) is 22.4. The fraction of sp³-hybridized carbons (Fsp3) is 0.833. The standard InChI is InChI=1S/C12H24N2O3/c1-4-10(12(16)17)14-11(15)8(2)6-5-7-9(3)13/h8-10H,4-7,13H2,1-3H3,(H,14,15)(H,16,17)/t8?,9?,10-/m1/s1. The van der Waals surface area contributed by atoms with Crippen LogP contribution in [0.3, 0.4) is 0 Å². The van der Waals surface area contributed by atoms with Crippen LogP contribution in [-0.2, 0) is 9.59 Å². The van der Waals surface area contributed by atoms with E-state index in [1.807, 2.05) is 13.8 Å². The number of carbonyl (C=O) groups is 2. The number of carboxylic acid groups (broad SMARTS) is 1. The molecule has 0 aliphatic heterocycles. The number of nitrogens with two attached hydrogens (primary N) is 1. The zero-order chi connectivity index (χ0) is 13.4. The minimum absolute atomic E-state index is 0.146. The van der Waals surface area contributed by atoms with Gasteiger partial charge in [-0.05, 0) is 26.2 Å². The molecule has 1 amide bonds. The zero-order valence-electron chi connectivity index (χ0n) is 10.9. The Kier molecular flexibility index (Phi) is 7.54. The Morgan fingerprint density at radius 2 is 1.88 bits per heavy atom. The Bertz CT molecular complexity index is 254. The third-order valence-corrected chi connectivity index (χ3v) is 2.77. The second-order valence-corrected chi connectivity index (χ2v) is 4.62. The molecule has 0 bridgehead atoms. The number of carbonyl (C=O) groups excluding carboxylic acids is 1. The molecule has 0 aliphatic carbocycles. The van der Waals surface area contributed by atoms with E-state index in [-0.39, 0.29) is 17.9 Å². The molecule has 0 heterocycles. The second-order valence-electron chi connectivity index (χ2n) is 4.62. The molecule has 2 unspecified atom stereocenters. The van der Waals surface area contributed by atoms with Gasteiger partial charge < -0.3 is 16.2 Å². The summed E-state index contributed by atoms with van der Waals surface area (Å²) in [5.41, 5.74) is 5.62. The minimum atomic E-state index is -0.983. The molecule has 0 spiro atoms. The number of aliphatic carboxylic acids is 1. The van der Waals surface area contributed by atoms with E-state index in [0.29, 0.717) is 6.42 Å². The Labute approximate surface area is 103 Å². The van der Waals surface area contributed by atoms with Gasteiger partial charge in [0, 0.05) is 12.0 Å². The summed E-state index contributed by atoms with van der Waals surface area (Å²) in [6.07, 6.45) is 2.90. The van der Waals surface area contributed by atoms with Crippen LogP contribution in [0.2, 0.25) is 0 Å². The SMILES string of the molecule is CC[C@@H](NC(=O)C(C)CCCC(C)N)C(=O)O. The van der Waals surface area contributed by atoms with Gasteiger partial charge in [-0.3, -0.25) is 4.79 Å². The van der Waals surface area contributed by atoms with E-state index >= 15 is 0 Å². The van der Waals surface area contributed by atoms with Crippen LogP contribution in [0.15, 0.2) is 0 Å². The van der Waals surface area contributed by atoms with Crippen molar-refractivity contribution in [2.24, 2.45) is 11.7 Å². The first kappa shape index (κ1) is 15.9. The molecule has 0 aromatic carbocycles. The highest BCUT2D eigenvalue weighted by molar-refractivity contribution is 5.84. The number of rotatable bonds is 8. The largest absolute Gasteiger partial charge is 0.480 e. The van der Waals surface area contributed by atoms with E-state index in [4.69, 9.17) is 10.8 Å². The summed E-state index contributed by atoms with van der Waals surface area (Å²) in [7, 11) is 0. The van der Waals surface area contributed by atoms with Crippen molar-refractivity contribution in [1.82, 2.24) is 5.32 Å². The van der Waals surface area contributed by atoms with E-state index in [9.17, 15) is 9.59 Å². The zero-order valence-corrected chi connectivity index (χ0v) is 10.9. The summed E-state index contributed by atoms with van der Waals surface area (Å²) < 4.78 is 0. The van der Waals surface area contributed by atoms with Crippen molar-refractivity contribution in [1.29, 1.82) is 0 Å². The van der Waals surface area contributed by atoms with Crippen molar-refractivity contribution >= 4 is 11.9 Å². The van der Waals surface area contributed by atoms with Crippen LogP contribution < -0.4 is 11.1 Å². The predicted octanol–water partition coefficient (Wildman–Crippen LogP) is 1.12. The molecule has 100 valence electrons. The van der Waals surface area contributed by atoms with E-state index in [1.165, 1.54) is 0 Å². The molecule has 0 radical (unpaired) electrons. The quantitative estimate of drug-likeness (QED) is 0.596. The molecule has 0 rings (SSSR count). The maximum atomic E-state index is 11.7. The molecule has 5 heteroatoms. The lowest BCUT2D eigenvalue weighted by Gasteiger charge is -2.16. The van der Waals surface area contributed by atoms with E-state index in [0.717, 1.165) is 19.3 Å². The van der Waals surface area contributed by atoms with E-state index in [1.54, 1.807) is 6.92 Å². The molecule has 0 aromatic heterocycles. The monoisotopic (exact) mass is 244 g/mol. The van der Waals surface area contributed by atoms with Crippen molar-refractivity contribution < 1.29 is 14.7 Å². The Morgan fingerprint density at radius 1 is 1.29 bits per heavy atom. The molecule has 17 heavy (non-hydrogen) atoms. The smallest absolute Gasteiger partial charge is 0.326 e. The highest BCUT2D eigenvalue weighted by atomic mass is 16.4. The molecule has 4 N–H and O–H groups in total. The number of amides is 1. The van der Waals surface area contributed by atoms with Crippen molar-refractivity contribution in [3.05, 3.63) is 0 Å². The van der Waals surface area contributed by atoms with Crippen LogP contribution >= 0.6 is 0 Å². The van der Waals surface area contributed by atoms with Crippen molar-refractivity contribution in [3.63, 3.8) is 0 Å². The van der Waals surface area contributed by atoms with E-state index < -0.39 is 12.0 Å². The van der Waals surface area contributed by atoms with Crippen molar-refractivity contribution in [3.8, 4) is 0 Å².